The zero-order valence-corrected chi connectivity index (χ0v) is 18.0. The lowest BCUT2D eigenvalue weighted by Gasteiger charge is -2.15. The minimum absolute atomic E-state index is 0.0563. The summed E-state index contributed by atoms with van der Waals surface area (Å²) in [5.74, 6) is -0.180. The monoisotopic (exact) mass is 406 g/mol. The third-order valence-electron chi connectivity index (χ3n) is 5.54. The molecule has 1 N–H and O–H groups in total. The SMILES string of the molecule is CCCCC(CC)C(=O)Nc1ccc2ccn(Cc3ccc(C(=O)OC)cc3)c2c1. The molecule has 0 saturated carbocycles. The van der Waals surface area contributed by atoms with E-state index in [4.69, 9.17) is 4.74 Å². The zero-order chi connectivity index (χ0) is 21.5. The number of unbranched alkanes of at least 4 members (excludes halogenated alkanes) is 1. The number of nitrogens with one attached hydrogen (secondary N) is 1. The van der Waals surface area contributed by atoms with Crippen molar-refractivity contribution in [3.63, 3.8) is 0 Å². The minimum Gasteiger partial charge on any atom is -0.465 e. The largest absolute Gasteiger partial charge is 0.465 e. The molecule has 1 aromatic heterocycles. The van der Waals surface area contributed by atoms with Crippen molar-refractivity contribution in [2.45, 2.75) is 46.1 Å². The summed E-state index contributed by atoms with van der Waals surface area (Å²) in [7, 11) is 1.38. The molecule has 3 rings (SSSR count). The van der Waals surface area contributed by atoms with Crippen LogP contribution in [0.15, 0.2) is 54.7 Å². The predicted molar refractivity (Wildman–Crippen MR) is 121 cm³/mol. The fourth-order valence-corrected chi connectivity index (χ4v) is 3.68. The van der Waals surface area contributed by atoms with Crippen molar-refractivity contribution in [2.75, 3.05) is 12.4 Å². The molecule has 30 heavy (non-hydrogen) atoms. The van der Waals surface area contributed by atoms with Crippen LogP contribution in [0.3, 0.4) is 0 Å². The van der Waals surface area contributed by atoms with Crippen molar-refractivity contribution >= 4 is 28.5 Å². The number of ether oxygens (including phenoxy) is 1. The maximum atomic E-state index is 12.7. The van der Waals surface area contributed by atoms with Crippen molar-refractivity contribution in [3.05, 3.63) is 65.9 Å². The molecule has 1 unspecified atom stereocenters. The molecule has 0 bridgehead atoms. The minimum atomic E-state index is -0.335. The van der Waals surface area contributed by atoms with Gasteiger partial charge in [-0.1, -0.05) is 44.9 Å². The Labute approximate surface area is 178 Å². The lowest BCUT2D eigenvalue weighted by molar-refractivity contribution is -0.120. The van der Waals surface area contributed by atoms with Crippen molar-refractivity contribution in [1.29, 1.82) is 0 Å². The number of amides is 1. The Morgan fingerprint density at radius 1 is 1.07 bits per heavy atom. The van der Waals surface area contributed by atoms with Gasteiger partial charge in [0.15, 0.2) is 0 Å². The van der Waals surface area contributed by atoms with Crippen molar-refractivity contribution in [2.24, 2.45) is 5.92 Å². The number of hydrogen-bond donors (Lipinski definition) is 1. The number of methoxy groups -OCH3 is 1. The Morgan fingerprint density at radius 3 is 2.50 bits per heavy atom. The first-order valence-corrected chi connectivity index (χ1v) is 10.6. The van der Waals surface area contributed by atoms with Crippen LogP contribution in [0.25, 0.3) is 10.9 Å². The van der Waals surface area contributed by atoms with Crippen LogP contribution in [-0.4, -0.2) is 23.6 Å². The molecule has 158 valence electrons. The summed E-state index contributed by atoms with van der Waals surface area (Å²) >= 11 is 0. The molecule has 3 aromatic rings. The first-order chi connectivity index (χ1) is 14.5. The number of rotatable bonds is 9. The number of nitrogens with zero attached hydrogens (tertiary/aromatic N) is 1. The third-order valence-corrected chi connectivity index (χ3v) is 5.54. The van der Waals surface area contributed by atoms with E-state index in [0.29, 0.717) is 12.1 Å². The van der Waals surface area contributed by atoms with E-state index in [-0.39, 0.29) is 17.8 Å². The van der Waals surface area contributed by atoms with Gasteiger partial charge in [-0.25, -0.2) is 4.79 Å². The second kappa shape index (κ2) is 10.1. The Bertz CT molecular complexity index is 1000. The van der Waals surface area contributed by atoms with E-state index in [9.17, 15) is 9.59 Å². The summed E-state index contributed by atoms with van der Waals surface area (Å²) < 4.78 is 6.90. The lowest BCUT2D eigenvalue weighted by atomic mass is 9.98. The topological polar surface area (TPSA) is 60.3 Å². The van der Waals surface area contributed by atoms with E-state index in [2.05, 4.69) is 29.8 Å². The maximum Gasteiger partial charge on any atom is 0.337 e. The number of carbonyl (C=O) groups excluding carboxylic acids is 2. The molecule has 1 heterocycles. The first-order valence-electron chi connectivity index (χ1n) is 10.6. The number of anilines is 1. The molecule has 0 radical (unpaired) electrons. The molecule has 5 nitrogen and oxygen atoms in total. The summed E-state index contributed by atoms with van der Waals surface area (Å²) in [4.78, 5) is 24.3. The summed E-state index contributed by atoms with van der Waals surface area (Å²) in [6, 6.07) is 15.5. The van der Waals surface area contributed by atoms with E-state index in [0.717, 1.165) is 47.8 Å². The van der Waals surface area contributed by atoms with Gasteiger partial charge in [0, 0.05) is 24.3 Å². The van der Waals surface area contributed by atoms with Crippen LogP contribution in [0.5, 0.6) is 0 Å². The molecular weight excluding hydrogens is 376 g/mol. The second-order valence-electron chi connectivity index (χ2n) is 7.64. The van der Waals surface area contributed by atoms with Crippen molar-refractivity contribution < 1.29 is 14.3 Å². The summed E-state index contributed by atoms with van der Waals surface area (Å²) in [5.41, 5.74) is 3.51. The van der Waals surface area contributed by atoms with Crippen LogP contribution in [0.2, 0.25) is 0 Å². The fraction of sp³-hybridized carbons (Fsp3) is 0.360. The van der Waals surface area contributed by atoms with Crippen LogP contribution < -0.4 is 5.32 Å². The highest BCUT2D eigenvalue weighted by Gasteiger charge is 2.16. The van der Waals surface area contributed by atoms with Gasteiger partial charge in [-0.15, -0.1) is 0 Å². The van der Waals surface area contributed by atoms with Gasteiger partial charge < -0.3 is 14.6 Å². The van der Waals surface area contributed by atoms with Crippen LogP contribution in [-0.2, 0) is 16.1 Å². The van der Waals surface area contributed by atoms with Gasteiger partial charge in [-0.05, 0) is 54.1 Å². The predicted octanol–water partition coefficient (Wildman–Crippen LogP) is 5.63. The number of benzene rings is 2. The van der Waals surface area contributed by atoms with Gasteiger partial charge in [0.1, 0.15) is 0 Å². The van der Waals surface area contributed by atoms with Crippen LogP contribution in [0.1, 0.15) is 55.5 Å². The molecule has 0 saturated heterocycles. The average Bonchev–Trinajstić information content (AvgIpc) is 3.16. The van der Waals surface area contributed by atoms with Gasteiger partial charge in [0.2, 0.25) is 5.91 Å². The van der Waals surface area contributed by atoms with Crippen molar-refractivity contribution in [1.82, 2.24) is 4.57 Å². The number of carbonyl (C=O) groups is 2. The molecular formula is C25H30N2O3. The van der Waals surface area contributed by atoms with E-state index < -0.39 is 0 Å². The highest BCUT2D eigenvalue weighted by Crippen LogP contribution is 2.23. The number of hydrogen-bond acceptors (Lipinski definition) is 3. The lowest BCUT2D eigenvalue weighted by Crippen LogP contribution is -2.22. The van der Waals surface area contributed by atoms with Gasteiger partial charge in [-0.2, -0.15) is 0 Å². The summed E-state index contributed by atoms with van der Waals surface area (Å²) in [6.07, 6.45) is 6.00. The van der Waals surface area contributed by atoms with Crippen LogP contribution in [0, 0.1) is 5.92 Å². The number of esters is 1. The molecule has 0 fully saturated rings. The number of fused-ring (bicyclic) bond motifs is 1. The second-order valence-corrected chi connectivity index (χ2v) is 7.64. The highest BCUT2D eigenvalue weighted by molar-refractivity contribution is 5.95. The molecule has 0 aliphatic rings. The molecule has 2 aromatic carbocycles. The molecule has 0 aliphatic carbocycles. The normalized spacial score (nSPS) is 12.0. The summed E-state index contributed by atoms with van der Waals surface area (Å²) in [6.45, 7) is 4.89. The van der Waals surface area contributed by atoms with Crippen LogP contribution >= 0.6 is 0 Å². The number of aromatic nitrogens is 1. The van der Waals surface area contributed by atoms with E-state index in [1.807, 2.05) is 36.5 Å². The summed E-state index contributed by atoms with van der Waals surface area (Å²) in [5, 5.41) is 4.22. The van der Waals surface area contributed by atoms with E-state index >= 15 is 0 Å². The Kier molecular flexibility index (Phi) is 7.28. The smallest absolute Gasteiger partial charge is 0.337 e. The molecule has 0 spiro atoms. The quantitative estimate of drug-likeness (QED) is 0.468. The first kappa shape index (κ1) is 21.6. The van der Waals surface area contributed by atoms with E-state index in [1.54, 1.807) is 12.1 Å². The van der Waals surface area contributed by atoms with Gasteiger partial charge in [-0.3, -0.25) is 4.79 Å². The van der Waals surface area contributed by atoms with Gasteiger partial charge in [0.05, 0.1) is 18.2 Å². The Hall–Kier alpha value is -3.08. The zero-order valence-electron chi connectivity index (χ0n) is 18.0. The third kappa shape index (κ3) is 5.09. The Balaban J connectivity index is 1.76. The molecule has 1 amide bonds. The molecule has 5 heteroatoms. The standard InChI is InChI=1S/C25H30N2O3/c1-4-6-7-19(5-2)24(28)26-22-13-12-20-14-15-27(23(20)16-22)17-18-8-10-21(11-9-18)25(29)30-3/h8-16,19H,4-7,17H2,1-3H3,(H,26,28). The maximum absolute atomic E-state index is 12.7. The fourth-order valence-electron chi connectivity index (χ4n) is 3.68. The molecule has 0 aliphatic heterocycles. The van der Waals surface area contributed by atoms with Gasteiger partial charge >= 0.3 is 5.97 Å². The van der Waals surface area contributed by atoms with E-state index in [1.165, 1.54) is 7.11 Å². The highest BCUT2D eigenvalue weighted by atomic mass is 16.5. The van der Waals surface area contributed by atoms with Gasteiger partial charge in [0.25, 0.3) is 0 Å². The van der Waals surface area contributed by atoms with Crippen molar-refractivity contribution in [3.8, 4) is 0 Å². The molecule has 1 atom stereocenters. The van der Waals surface area contributed by atoms with Crippen LogP contribution in [0.4, 0.5) is 5.69 Å². The Morgan fingerprint density at radius 2 is 1.83 bits per heavy atom. The average molecular weight is 407 g/mol.